The Kier molecular flexibility index (Phi) is 4.54. The Hall–Kier alpha value is -4.99. The fraction of sp³-hybridized carbons (Fsp3) is 0.0417. The van der Waals surface area contributed by atoms with Crippen LogP contribution in [0.3, 0.4) is 0 Å². The molecule has 0 aliphatic heterocycles. The average Bonchev–Trinajstić information content (AvgIpc) is 3.53. The fourth-order valence-corrected chi connectivity index (χ4v) is 3.64. The van der Waals surface area contributed by atoms with Gasteiger partial charge in [0, 0.05) is 29.0 Å². The number of ether oxygens (including phenoxy) is 1. The molecule has 0 unspecified atom stereocenters. The number of hydrogen-bond donors (Lipinski definition) is 2. The van der Waals surface area contributed by atoms with Crippen molar-refractivity contribution in [2.45, 2.75) is 6.92 Å². The summed E-state index contributed by atoms with van der Waals surface area (Å²) < 4.78 is 13.1. The molecule has 0 aliphatic rings. The van der Waals surface area contributed by atoms with Crippen molar-refractivity contribution in [1.82, 2.24) is 29.5 Å². The smallest absolute Gasteiger partial charge is 0.264 e. The molecule has 4 aromatic heterocycles. The topological polar surface area (TPSA) is 129 Å². The number of fused-ring (bicyclic) bond motifs is 2. The van der Waals surface area contributed by atoms with Crippen molar-refractivity contribution in [2.75, 3.05) is 11.1 Å². The molecule has 166 valence electrons. The summed E-state index contributed by atoms with van der Waals surface area (Å²) in [7, 11) is 0. The van der Waals surface area contributed by atoms with Crippen LogP contribution in [0.15, 0.2) is 77.9 Å². The molecule has 0 atom stereocenters. The number of oxazole rings is 1. The fourth-order valence-electron chi connectivity index (χ4n) is 3.64. The van der Waals surface area contributed by atoms with Gasteiger partial charge in [-0.2, -0.15) is 5.10 Å². The first-order chi connectivity index (χ1) is 16.6. The largest absolute Gasteiger partial charge is 0.457 e. The Balaban J connectivity index is 1.33. The van der Waals surface area contributed by atoms with Crippen LogP contribution in [0.4, 0.5) is 17.2 Å². The van der Waals surface area contributed by atoms with E-state index in [1.807, 2.05) is 49.4 Å². The summed E-state index contributed by atoms with van der Waals surface area (Å²) in [6, 6.07) is 15.0. The maximum Gasteiger partial charge on any atom is 0.264 e. The molecule has 6 rings (SSSR count). The van der Waals surface area contributed by atoms with Gasteiger partial charge in [0.05, 0.1) is 11.7 Å². The lowest BCUT2D eigenvalue weighted by atomic mass is 10.1. The quantitative estimate of drug-likeness (QED) is 0.357. The van der Waals surface area contributed by atoms with Gasteiger partial charge in [-0.05, 0) is 55.0 Å². The molecule has 34 heavy (non-hydrogen) atoms. The number of hydrogen-bond acceptors (Lipinski definition) is 9. The van der Waals surface area contributed by atoms with Crippen LogP contribution in [-0.2, 0) is 0 Å². The van der Waals surface area contributed by atoms with Gasteiger partial charge in [-0.3, -0.25) is 0 Å². The van der Waals surface area contributed by atoms with E-state index < -0.39 is 0 Å². The van der Waals surface area contributed by atoms with Crippen LogP contribution in [0.2, 0.25) is 0 Å². The standard InChI is InChI=1S/C24H18N8O2/c1-14-10-16(3-5-20(14)34-17-6-8-32-21(12-17)27-13-28-32)29-22-18-11-15(25)2-4-19(18)30-23(31-22)24-26-7-9-33-24/h2-13H,25H2,1H3,(H,29,30,31). The number of aryl methyl sites for hydroxylation is 1. The Labute approximate surface area is 193 Å². The lowest BCUT2D eigenvalue weighted by Gasteiger charge is -2.13. The van der Waals surface area contributed by atoms with Crippen molar-refractivity contribution in [2.24, 2.45) is 0 Å². The molecule has 2 aromatic carbocycles. The summed E-state index contributed by atoms with van der Waals surface area (Å²) in [5, 5.41) is 8.26. The predicted octanol–water partition coefficient (Wildman–Crippen LogP) is 4.75. The lowest BCUT2D eigenvalue weighted by Crippen LogP contribution is -2.01. The van der Waals surface area contributed by atoms with Crippen molar-refractivity contribution >= 4 is 33.7 Å². The lowest BCUT2D eigenvalue weighted by molar-refractivity contribution is 0.478. The second-order valence-electron chi connectivity index (χ2n) is 7.64. The Morgan fingerprint density at radius 1 is 1.03 bits per heavy atom. The molecule has 0 aliphatic carbocycles. The minimum atomic E-state index is 0.339. The van der Waals surface area contributed by atoms with Crippen molar-refractivity contribution < 1.29 is 9.15 Å². The van der Waals surface area contributed by atoms with Crippen LogP contribution in [-0.4, -0.2) is 29.5 Å². The van der Waals surface area contributed by atoms with E-state index in [1.165, 1.54) is 12.6 Å². The van der Waals surface area contributed by atoms with E-state index in [0.717, 1.165) is 27.9 Å². The van der Waals surface area contributed by atoms with E-state index in [4.69, 9.17) is 14.9 Å². The molecule has 4 heterocycles. The summed E-state index contributed by atoms with van der Waals surface area (Å²) in [5.74, 6) is 2.72. The number of benzene rings is 2. The maximum absolute atomic E-state index is 6.07. The molecule has 0 radical (unpaired) electrons. The van der Waals surface area contributed by atoms with E-state index in [1.54, 1.807) is 23.0 Å². The summed E-state index contributed by atoms with van der Waals surface area (Å²) in [6.45, 7) is 1.98. The monoisotopic (exact) mass is 450 g/mol. The number of nitrogens with zero attached hydrogens (tertiary/aromatic N) is 6. The third kappa shape index (κ3) is 3.62. The van der Waals surface area contributed by atoms with Crippen LogP contribution in [0.1, 0.15) is 5.56 Å². The van der Waals surface area contributed by atoms with Gasteiger partial charge >= 0.3 is 0 Å². The zero-order chi connectivity index (χ0) is 23.1. The molecule has 0 bridgehead atoms. The number of nitrogen functional groups attached to an aromatic ring is 1. The highest BCUT2D eigenvalue weighted by Crippen LogP contribution is 2.32. The SMILES string of the molecule is Cc1cc(Nc2nc(-c3ncco3)nc3ccc(N)cc23)ccc1Oc1ccn2ncnc2c1. The number of pyridine rings is 1. The maximum atomic E-state index is 6.07. The van der Waals surface area contributed by atoms with Gasteiger partial charge in [-0.15, -0.1) is 0 Å². The highest BCUT2D eigenvalue weighted by Gasteiger charge is 2.14. The highest BCUT2D eigenvalue weighted by molar-refractivity contribution is 5.94. The van der Waals surface area contributed by atoms with Crippen LogP contribution in [0.25, 0.3) is 28.3 Å². The Bertz CT molecular complexity index is 1640. The second-order valence-corrected chi connectivity index (χ2v) is 7.64. The van der Waals surface area contributed by atoms with Crippen molar-refractivity contribution in [3.63, 3.8) is 0 Å². The molecular formula is C24H18N8O2. The number of anilines is 3. The normalized spacial score (nSPS) is 11.2. The van der Waals surface area contributed by atoms with E-state index >= 15 is 0 Å². The molecule has 0 amide bonds. The third-order valence-electron chi connectivity index (χ3n) is 5.26. The molecule has 10 heteroatoms. The molecule has 0 saturated heterocycles. The van der Waals surface area contributed by atoms with Crippen molar-refractivity contribution in [3.05, 3.63) is 79.1 Å². The van der Waals surface area contributed by atoms with E-state index in [-0.39, 0.29) is 0 Å². The number of aromatic nitrogens is 6. The summed E-state index contributed by atoms with van der Waals surface area (Å²) in [5.41, 5.74) is 9.85. The summed E-state index contributed by atoms with van der Waals surface area (Å²) in [6.07, 6.45) is 6.35. The molecule has 0 fully saturated rings. The Morgan fingerprint density at radius 2 is 1.97 bits per heavy atom. The molecule has 0 saturated carbocycles. The third-order valence-corrected chi connectivity index (χ3v) is 5.26. The zero-order valence-electron chi connectivity index (χ0n) is 18.0. The second kappa shape index (κ2) is 7.85. The van der Waals surface area contributed by atoms with Gasteiger partial charge in [-0.25, -0.2) is 24.5 Å². The van der Waals surface area contributed by atoms with Crippen LogP contribution < -0.4 is 15.8 Å². The van der Waals surface area contributed by atoms with Gasteiger partial charge in [0.25, 0.3) is 5.89 Å². The Morgan fingerprint density at radius 3 is 2.82 bits per heavy atom. The van der Waals surface area contributed by atoms with Crippen molar-refractivity contribution in [3.8, 4) is 23.2 Å². The first-order valence-corrected chi connectivity index (χ1v) is 10.4. The summed E-state index contributed by atoms with van der Waals surface area (Å²) >= 11 is 0. The van der Waals surface area contributed by atoms with Crippen molar-refractivity contribution in [1.29, 1.82) is 0 Å². The van der Waals surface area contributed by atoms with Gasteiger partial charge in [0.15, 0.2) is 5.65 Å². The minimum Gasteiger partial charge on any atom is -0.457 e. The van der Waals surface area contributed by atoms with Crippen LogP contribution in [0, 0.1) is 6.92 Å². The first kappa shape index (κ1) is 19.7. The van der Waals surface area contributed by atoms with E-state index in [2.05, 4.69) is 30.4 Å². The molecule has 6 aromatic rings. The first-order valence-electron chi connectivity index (χ1n) is 10.4. The minimum absolute atomic E-state index is 0.339. The summed E-state index contributed by atoms with van der Waals surface area (Å²) in [4.78, 5) is 17.6. The highest BCUT2D eigenvalue weighted by atomic mass is 16.5. The number of nitrogens with one attached hydrogen (secondary N) is 1. The number of nitrogens with two attached hydrogens (primary N) is 1. The van der Waals surface area contributed by atoms with E-state index in [9.17, 15) is 0 Å². The number of rotatable bonds is 5. The molecule has 10 nitrogen and oxygen atoms in total. The van der Waals surface area contributed by atoms with Crippen LogP contribution >= 0.6 is 0 Å². The van der Waals surface area contributed by atoms with Gasteiger partial charge in [0.2, 0.25) is 5.82 Å². The van der Waals surface area contributed by atoms with Crippen LogP contribution in [0.5, 0.6) is 11.5 Å². The van der Waals surface area contributed by atoms with E-state index in [0.29, 0.717) is 34.6 Å². The molecular weight excluding hydrogens is 432 g/mol. The van der Waals surface area contributed by atoms with Gasteiger partial charge in [0.1, 0.15) is 29.9 Å². The van der Waals surface area contributed by atoms with Gasteiger partial charge < -0.3 is 20.2 Å². The zero-order valence-corrected chi connectivity index (χ0v) is 18.0. The average molecular weight is 450 g/mol. The predicted molar refractivity (Wildman–Crippen MR) is 127 cm³/mol. The van der Waals surface area contributed by atoms with Gasteiger partial charge in [-0.1, -0.05) is 0 Å². The molecule has 3 N–H and O–H groups in total. The molecule has 0 spiro atoms.